The molecule has 0 aromatic rings. The molecule has 0 saturated heterocycles. The summed E-state index contributed by atoms with van der Waals surface area (Å²) in [6.07, 6.45) is 53.8. The van der Waals surface area contributed by atoms with Crippen molar-refractivity contribution in [2.75, 3.05) is 13.2 Å². The molecule has 368 valence electrons. The zero-order valence-corrected chi connectivity index (χ0v) is 42.3. The molecule has 6 nitrogen and oxygen atoms in total. The van der Waals surface area contributed by atoms with E-state index in [0.717, 1.165) is 63.7 Å². The maximum absolute atomic E-state index is 12.8. The Balaban J connectivity index is 4.25. The van der Waals surface area contributed by atoms with Crippen LogP contribution in [0.15, 0.2) is 0 Å². The Bertz CT molecular complexity index is 933. The number of hydrogen-bond donors (Lipinski definition) is 0. The van der Waals surface area contributed by atoms with Gasteiger partial charge >= 0.3 is 17.9 Å². The van der Waals surface area contributed by atoms with Gasteiger partial charge in [0.15, 0.2) is 6.10 Å². The highest BCUT2D eigenvalue weighted by molar-refractivity contribution is 5.71. The van der Waals surface area contributed by atoms with Gasteiger partial charge in [-0.1, -0.05) is 278 Å². The van der Waals surface area contributed by atoms with Crippen molar-refractivity contribution in [3.8, 4) is 0 Å². The van der Waals surface area contributed by atoms with Crippen molar-refractivity contribution in [1.82, 2.24) is 0 Å². The van der Waals surface area contributed by atoms with Crippen molar-refractivity contribution in [2.45, 2.75) is 323 Å². The number of ether oxygens (including phenoxy) is 3. The van der Waals surface area contributed by atoms with E-state index in [2.05, 4.69) is 27.7 Å². The summed E-state index contributed by atoms with van der Waals surface area (Å²) in [5, 5.41) is 0. The Hall–Kier alpha value is -1.59. The first kappa shape index (κ1) is 60.4. The number of rotatable bonds is 51. The first-order chi connectivity index (χ1) is 30.4. The summed E-state index contributed by atoms with van der Waals surface area (Å²) >= 11 is 0. The molecular weight excluding hydrogens is 769 g/mol. The summed E-state index contributed by atoms with van der Waals surface area (Å²) in [6, 6.07) is 0. The Morgan fingerprint density at radius 1 is 0.306 bits per heavy atom. The lowest BCUT2D eigenvalue weighted by atomic mass is 10.0. The highest BCUT2D eigenvalue weighted by atomic mass is 16.6. The van der Waals surface area contributed by atoms with Crippen molar-refractivity contribution in [3.05, 3.63) is 0 Å². The zero-order chi connectivity index (χ0) is 45.2. The lowest BCUT2D eigenvalue weighted by molar-refractivity contribution is -0.167. The Labute approximate surface area is 387 Å². The standard InChI is InChI=1S/C56H108O6/c1-5-7-9-11-13-15-17-18-19-20-21-26-29-33-37-41-45-49-56(59)62-53(50-60-54(57)47-43-39-35-31-16-14-12-10-8-6-2)51-61-55(58)48-44-40-36-32-28-25-23-22-24-27-30-34-38-42-46-52(3)4/h52-53H,5-51H2,1-4H3/t53-/m0/s1. The molecule has 0 saturated carbocycles. The van der Waals surface area contributed by atoms with E-state index in [1.807, 2.05) is 0 Å². The lowest BCUT2D eigenvalue weighted by Crippen LogP contribution is -2.30. The fraction of sp³-hybridized carbons (Fsp3) is 0.946. The number of carbonyl (C=O) groups is 3. The molecule has 6 heteroatoms. The Kier molecular flexibility index (Phi) is 49.1. The third-order valence-electron chi connectivity index (χ3n) is 12.8. The van der Waals surface area contributed by atoms with E-state index in [4.69, 9.17) is 14.2 Å². The van der Waals surface area contributed by atoms with E-state index in [0.29, 0.717) is 19.3 Å². The van der Waals surface area contributed by atoms with Crippen LogP contribution in [0.1, 0.15) is 317 Å². The molecule has 0 aromatic heterocycles. The second kappa shape index (κ2) is 50.4. The SMILES string of the molecule is CCCCCCCCCCCCCCCCCCCC(=O)O[C@@H](COC(=O)CCCCCCCCCCCC)COC(=O)CCCCCCCCCCCCCCCCC(C)C. The van der Waals surface area contributed by atoms with E-state index in [1.165, 1.54) is 212 Å². The van der Waals surface area contributed by atoms with Gasteiger partial charge in [-0.15, -0.1) is 0 Å². The Morgan fingerprint density at radius 3 is 0.790 bits per heavy atom. The normalized spacial score (nSPS) is 12.0. The summed E-state index contributed by atoms with van der Waals surface area (Å²) in [6.45, 7) is 9.05. The monoisotopic (exact) mass is 877 g/mol. The molecule has 0 bridgehead atoms. The van der Waals surface area contributed by atoms with Gasteiger partial charge in [0, 0.05) is 19.3 Å². The van der Waals surface area contributed by atoms with E-state index < -0.39 is 6.10 Å². The third-order valence-corrected chi connectivity index (χ3v) is 12.8. The van der Waals surface area contributed by atoms with Crippen LogP contribution in [0.25, 0.3) is 0 Å². The van der Waals surface area contributed by atoms with Crippen LogP contribution < -0.4 is 0 Å². The number of esters is 3. The molecule has 0 aliphatic carbocycles. The lowest BCUT2D eigenvalue weighted by Gasteiger charge is -2.18. The second-order valence-corrected chi connectivity index (χ2v) is 19.7. The largest absolute Gasteiger partial charge is 0.462 e. The van der Waals surface area contributed by atoms with Crippen molar-refractivity contribution in [1.29, 1.82) is 0 Å². The predicted molar refractivity (Wildman–Crippen MR) is 266 cm³/mol. The van der Waals surface area contributed by atoms with Gasteiger partial charge in [0.1, 0.15) is 13.2 Å². The van der Waals surface area contributed by atoms with Crippen molar-refractivity contribution >= 4 is 17.9 Å². The zero-order valence-electron chi connectivity index (χ0n) is 42.3. The minimum absolute atomic E-state index is 0.0622. The average Bonchev–Trinajstić information content (AvgIpc) is 3.26. The molecule has 0 spiro atoms. The molecule has 62 heavy (non-hydrogen) atoms. The van der Waals surface area contributed by atoms with Crippen LogP contribution in [-0.2, 0) is 28.6 Å². The molecule has 0 amide bonds. The summed E-state index contributed by atoms with van der Waals surface area (Å²) < 4.78 is 16.8. The smallest absolute Gasteiger partial charge is 0.306 e. The van der Waals surface area contributed by atoms with Crippen LogP contribution in [0, 0.1) is 5.92 Å². The molecule has 0 aliphatic rings. The van der Waals surface area contributed by atoms with E-state index in [-0.39, 0.29) is 31.1 Å². The molecule has 0 N–H and O–H groups in total. The molecule has 0 aliphatic heterocycles. The van der Waals surface area contributed by atoms with Gasteiger partial charge in [0.2, 0.25) is 0 Å². The highest BCUT2D eigenvalue weighted by Gasteiger charge is 2.19. The summed E-state index contributed by atoms with van der Waals surface area (Å²) in [5.41, 5.74) is 0. The third kappa shape index (κ3) is 49.4. The van der Waals surface area contributed by atoms with Crippen molar-refractivity contribution in [2.24, 2.45) is 5.92 Å². The summed E-state index contributed by atoms with van der Waals surface area (Å²) in [5.74, 6) is 0.00499. The molecule has 0 unspecified atom stereocenters. The van der Waals surface area contributed by atoms with Gasteiger partial charge in [0.05, 0.1) is 0 Å². The molecule has 1 atom stereocenters. The molecular formula is C56H108O6. The van der Waals surface area contributed by atoms with Gasteiger partial charge in [-0.05, 0) is 25.2 Å². The predicted octanol–water partition coefficient (Wildman–Crippen LogP) is 18.2. The number of unbranched alkanes of at least 4 members (excludes halogenated alkanes) is 38. The van der Waals surface area contributed by atoms with Gasteiger partial charge in [-0.2, -0.15) is 0 Å². The fourth-order valence-corrected chi connectivity index (χ4v) is 8.57. The quantitative estimate of drug-likeness (QED) is 0.0344. The minimum atomic E-state index is -0.761. The maximum Gasteiger partial charge on any atom is 0.306 e. The highest BCUT2D eigenvalue weighted by Crippen LogP contribution is 2.18. The topological polar surface area (TPSA) is 78.9 Å². The van der Waals surface area contributed by atoms with Crippen LogP contribution in [0.5, 0.6) is 0 Å². The van der Waals surface area contributed by atoms with Gasteiger partial charge in [-0.25, -0.2) is 0 Å². The molecule has 0 fully saturated rings. The van der Waals surface area contributed by atoms with Gasteiger partial charge < -0.3 is 14.2 Å². The van der Waals surface area contributed by atoms with Crippen LogP contribution >= 0.6 is 0 Å². The first-order valence-corrected chi connectivity index (χ1v) is 27.9. The fourth-order valence-electron chi connectivity index (χ4n) is 8.57. The van der Waals surface area contributed by atoms with Crippen LogP contribution in [0.4, 0.5) is 0 Å². The number of hydrogen-bond acceptors (Lipinski definition) is 6. The van der Waals surface area contributed by atoms with E-state index >= 15 is 0 Å². The minimum Gasteiger partial charge on any atom is -0.462 e. The van der Waals surface area contributed by atoms with Gasteiger partial charge in [0.25, 0.3) is 0 Å². The average molecular weight is 877 g/mol. The molecule has 0 heterocycles. The van der Waals surface area contributed by atoms with E-state index in [9.17, 15) is 14.4 Å². The first-order valence-electron chi connectivity index (χ1n) is 27.9. The van der Waals surface area contributed by atoms with Crippen molar-refractivity contribution in [3.63, 3.8) is 0 Å². The van der Waals surface area contributed by atoms with Crippen LogP contribution in [0.3, 0.4) is 0 Å². The second-order valence-electron chi connectivity index (χ2n) is 19.7. The van der Waals surface area contributed by atoms with E-state index in [1.54, 1.807) is 0 Å². The van der Waals surface area contributed by atoms with Crippen LogP contribution in [0.2, 0.25) is 0 Å². The van der Waals surface area contributed by atoms with Crippen LogP contribution in [-0.4, -0.2) is 37.2 Å². The Morgan fingerprint density at radius 2 is 0.532 bits per heavy atom. The number of carbonyl (C=O) groups excluding carboxylic acids is 3. The van der Waals surface area contributed by atoms with Gasteiger partial charge in [-0.3, -0.25) is 14.4 Å². The summed E-state index contributed by atoms with van der Waals surface area (Å²) in [7, 11) is 0. The molecule has 0 aromatic carbocycles. The van der Waals surface area contributed by atoms with Crippen molar-refractivity contribution < 1.29 is 28.6 Å². The molecule has 0 rings (SSSR count). The summed E-state index contributed by atoms with van der Waals surface area (Å²) in [4.78, 5) is 38.0. The maximum atomic E-state index is 12.8. The molecule has 0 radical (unpaired) electrons.